The van der Waals surface area contributed by atoms with E-state index in [1.54, 1.807) is 4.90 Å². The highest BCUT2D eigenvalue weighted by molar-refractivity contribution is 5.75. The summed E-state index contributed by atoms with van der Waals surface area (Å²) in [5.41, 5.74) is 0. The Balaban J connectivity index is 1.95. The van der Waals surface area contributed by atoms with Gasteiger partial charge in [0.05, 0.1) is 0 Å². The topological polar surface area (TPSA) is 32.3 Å². The molecule has 0 saturated heterocycles. The summed E-state index contributed by atoms with van der Waals surface area (Å²) in [6.45, 7) is 2.06. The fraction of sp³-hybridized carbons (Fsp3) is 0.769. The highest BCUT2D eigenvalue weighted by Gasteiger charge is 2.09. The van der Waals surface area contributed by atoms with Gasteiger partial charge in [-0.2, -0.15) is 0 Å². The molecular weight excluding hydrogens is 200 g/mol. The lowest BCUT2D eigenvalue weighted by atomic mass is 9.94. The summed E-state index contributed by atoms with van der Waals surface area (Å²) in [5.74, 6) is 1.02. The average molecular weight is 224 g/mol. The lowest BCUT2D eigenvalue weighted by molar-refractivity contribution is -0.128. The van der Waals surface area contributed by atoms with Gasteiger partial charge in [-0.3, -0.25) is 4.79 Å². The summed E-state index contributed by atoms with van der Waals surface area (Å²) < 4.78 is 0. The van der Waals surface area contributed by atoms with Crippen LogP contribution in [-0.4, -0.2) is 38.0 Å². The van der Waals surface area contributed by atoms with E-state index in [1.807, 2.05) is 14.1 Å². The largest absolute Gasteiger partial charge is 0.349 e. The number of amides is 1. The molecule has 16 heavy (non-hydrogen) atoms. The zero-order chi connectivity index (χ0) is 11.8. The minimum atomic E-state index is 0.224. The van der Waals surface area contributed by atoms with E-state index in [1.165, 1.54) is 19.3 Å². The van der Waals surface area contributed by atoms with Crippen LogP contribution in [-0.2, 0) is 4.79 Å². The molecule has 0 saturated carbocycles. The molecule has 0 aliphatic heterocycles. The highest BCUT2D eigenvalue weighted by atomic mass is 16.2. The SMILES string of the molecule is CN(C)C(=O)CCCNCC1CC=CCC1. The Morgan fingerprint density at radius 2 is 2.25 bits per heavy atom. The van der Waals surface area contributed by atoms with Gasteiger partial charge in [-0.15, -0.1) is 0 Å². The van der Waals surface area contributed by atoms with Gasteiger partial charge in [0.2, 0.25) is 5.91 Å². The third-order valence-corrected chi connectivity index (χ3v) is 3.05. The predicted molar refractivity (Wildman–Crippen MR) is 67.3 cm³/mol. The van der Waals surface area contributed by atoms with Gasteiger partial charge in [0, 0.05) is 20.5 Å². The standard InChI is InChI=1S/C13H24N2O/c1-15(2)13(16)9-6-10-14-11-12-7-4-3-5-8-12/h3-4,12,14H,5-11H2,1-2H3. The molecule has 0 aromatic rings. The maximum Gasteiger partial charge on any atom is 0.222 e. The van der Waals surface area contributed by atoms with Gasteiger partial charge < -0.3 is 10.2 Å². The van der Waals surface area contributed by atoms with Crippen LogP contribution in [0.15, 0.2) is 12.2 Å². The molecule has 1 amide bonds. The Hall–Kier alpha value is -0.830. The van der Waals surface area contributed by atoms with Crippen LogP contribution in [0.25, 0.3) is 0 Å². The van der Waals surface area contributed by atoms with Crippen LogP contribution < -0.4 is 5.32 Å². The van der Waals surface area contributed by atoms with E-state index in [-0.39, 0.29) is 5.91 Å². The van der Waals surface area contributed by atoms with E-state index in [2.05, 4.69) is 17.5 Å². The summed E-state index contributed by atoms with van der Waals surface area (Å²) in [5, 5.41) is 3.44. The van der Waals surface area contributed by atoms with Gasteiger partial charge >= 0.3 is 0 Å². The average Bonchev–Trinajstić information content (AvgIpc) is 2.29. The van der Waals surface area contributed by atoms with Crippen molar-refractivity contribution in [3.05, 3.63) is 12.2 Å². The predicted octanol–water partition coefficient (Wildman–Crippen LogP) is 1.80. The minimum absolute atomic E-state index is 0.224. The van der Waals surface area contributed by atoms with Gasteiger partial charge in [-0.05, 0) is 44.7 Å². The highest BCUT2D eigenvalue weighted by Crippen LogP contribution is 2.16. The lowest BCUT2D eigenvalue weighted by Gasteiger charge is -2.18. The number of nitrogens with one attached hydrogen (secondary N) is 1. The van der Waals surface area contributed by atoms with Crippen molar-refractivity contribution in [1.29, 1.82) is 0 Å². The first kappa shape index (κ1) is 13.2. The van der Waals surface area contributed by atoms with Crippen LogP contribution in [0, 0.1) is 5.92 Å². The fourth-order valence-electron chi connectivity index (χ4n) is 1.94. The van der Waals surface area contributed by atoms with Gasteiger partial charge in [-0.25, -0.2) is 0 Å². The van der Waals surface area contributed by atoms with Crippen LogP contribution in [0.2, 0.25) is 0 Å². The number of hydrogen-bond donors (Lipinski definition) is 1. The zero-order valence-electron chi connectivity index (χ0n) is 10.5. The lowest BCUT2D eigenvalue weighted by Crippen LogP contribution is -2.26. The van der Waals surface area contributed by atoms with Gasteiger partial charge in [0.15, 0.2) is 0 Å². The van der Waals surface area contributed by atoms with Crippen molar-refractivity contribution in [1.82, 2.24) is 10.2 Å². The first-order chi connectivity index (χ1) is 7.70. The summed E-state index contributed by atoms with van der Waals surface area (Å²) in [6.07, 6.45) is 9.90. The molecule has 1 rings (SSSR count). The quantitative estimate of drug-likeness (QED) is 0.551. The number of nitrogens with zero attached hydrogens (tertiary/aromatic N) is 1. The third-order valence-electron chi connectivity index (χ3n) is 3.05. The molecule has 0 aromatic carbocycles. The Bertz CT molecular complexity index is 236. The minimum Gasteiger partial charge on any atom is -0.349 e. The van der Waals surface area contributed by atoms with E-state index in [9.17, 15) is 4.79 Å². The summed E-state index contributed by atoms with van der Waals surface area (Å²) in [4.78, 5) is 13.0. The molecule has 92 valence electrons. The van der Waals surface area contributed by atoms with Crippen molar-refractivity contribution in [2.75, 3.05) is 27.2 Å². The van der Waals surface area contributed by atoms with Gasteiger partial charge in [0.1, 0.15) is 0 Å². The van der Waals surface area contributed by atoms with Crippen molar-refractivity contribution in [3.8, 4) is 0 Å². The van der Waals surface area contributed by atoms with E-state index < -0.39 is 0 Å². The van der Waals surface area contributed by atoms with Crippen molar-refractivity contribution in [2.24, 2.45) is 5.92 Å². The van der Waals surface area contributed by atoms with Crippen LogP contribution in [0.5, 0.6) is 0 Å². The number of allylic oxidation sites excluding steroid dienone is 2. The summed E-state index contributed by atoms with van der Waals surface area (Å²) in [6, 6.07) is 0. The first-order valence-electron chi connectivity index (χ1n) is 6.26. The molecule has 0 radical (unpaired) electrons. The Morgan fingerprint density at radius 3 is 2.88 bits per heavy atom. The van der Waals surface area contributed by atoms with Crippen LogP contribution in [0.3, 0.4) is 0 Å². The molecular formula is C13H24N2O. The molecule has 1 aliphatic rings. The first-order valence-corrected chi connectivity index (χ1v) is 6.26. The van der Waals surface area contributed by atoms with Crippen molar-refractivity contribution < 1.29 is 4.79 Å². The molecule has 1 atom stereocenters. The molecule has 0 spiro atoms. The van der Waals surface area contributed by atoms with Crippen molar-refractivity contribution in [3.63, 3.8) is 0 Å². The van der Waals surface area contributed by atoms with Crippen molar-refractivity contribution >= 4 is 5.91 Å². The van der Waals surface area contributed by atoms with Crippen LogP contribution in [0.1, 0.15) is 32.1 Å². The number of carbonyl (C=O) groups is 1. The Morgan fingerprint density at radius 1 is 1.44 bits per heavy atom. The Kier molecular flexibility index (Phi) is 6.16. The second-order valence-electron chi connectivity index (χ2n) is 4.75. The molecule has 0 fully saturated rings. The van der Waals surface area contributed by atoms with Gasteiger partial charge in [0.25, 0.3) is 0 Å². The molecule has 0 bridgehead atoms. The molecule has 3 nitrogen and oxygen atoms in total. The van der Waals surface area contributed by atoms with E-state index in [4.69, 9.17) is 0 Å². The summed E-state index contributed by atoms with van der Waals surface area (Å²) in [7, 11) is 3.62. The number of hydrogen-bond acceptors (Lipinski definition) is 2. The molecule has 1 N–H and O–H groups in total. The number of carbonyl (C=O) groups excluding carboxylic acids is 1. The van der Waals surface area contributed by atoms with E-state index in [0.717, 1.165) is 25.4 Å². The molecule has 0 aromatic heterocycles. The van der Waals surface area contributed by atoms with Crippen LogP contribution in [0.4, 0.5) is 0 Å². The number of rotatable bonds is 6. The second-order valence-corrected chi connectivity index (χ2v) is 4.75. The maximum absolute atomic E-state index is 11.3. The van der Waals surface area contributed by atoms with Crippen molar-refractivity contribution in [2.45, 2.75) is 32.1 Å². The molecule has 3 heteroatoms. The zero-order valence-corrected chi connectivity index (χ0v) is 10.5. The third kappa shape index (κ3) is 5.31. The van der Waals surface area contributed by atoms with E-state index >= 15 is 0 Å². The van der Waals surface area contributed by atoms with Crippen LogP contribution >= 0.6 is 0 Å². The van der Waals surface area contributed by atoms with Gasteiger partial charge in [-0.1, -0.05) is 12.2 Å². The maximum atomic E-state index is 11.3. The van der Waals surface area contributed by atoms with E-state index in [0.29, 0.717) is 6.42 Å². The second kappa shape index (κ2) is 7.44. The molecule has 1 aliphatic carbocycles. The Labute approximate surface area is 98.9 Å². The summed E-state index contributed by atoms with van der Waals surface area (Å²) >= 11 is 0. The smallest absolute Gasteiger partial charge is 0.222 e. The normalized spacial score (nSPS) is 19.8. The molecule has 0 heterocycles. The molecule has 1 unspecified atom stereocenters. The monoisotopic (exact) mass is 224 g/mol. The fourth-order valence-corrected chi connectivity index (χ4v) is 1.94.